The molecule has 7 N–H and O–H groups in total. The Labute approximate surface area is 129 Å². The van der Waals surface area contributed by atoms with Gasteiger partial charge in [-0.05, 0) is 12.6 Å². The van der Waals surface area contributed by atoms with Crippen molar-refractivity contribution >= 4 is 16.4 Å². The first-order valence-corrected chi connectivity index (χ1v) is 7.92. The monoisotopic (exact) mass is 338 g/mol. The quantitative estimate of drug-likeness (QED) is 0.461. The largest absolute Gasteiger partial charge is 0.418 e. The van der Waals surface area contributed by atoms with Crippen molar-refractivity contribution in [3.63, 3.8) is 0 Å². The first kappa shape index (κ1) is 18.6. The van der Waals surface area contributed by atoms with Crippen molar-refractivity contribution in [2.24, 2.45) is 16.5 Å². The van der Waals surface area contributed by atoms with Gasteiger partial charge in [-0.3, -0.25) is 4.55 Å². The summed E-state index contributed by atoms with van der Waals surface area (Å²) in [5, 5.41) is 0.640. The molecule has 1 fully saturated rings. The van der Waals surface area contributed by atoms with Gasteiger partial charge in [0.25, 0.3) is 0 Å². The third kappa shape index (κ3) is 4.53. The summed E-state index contributed by atoms with van der Waals surface area (Å²) in [6, 6.07) is 0. The van der Waals surface area contributed by atoms with Crippen LogP contribution in [0.5, 0.6) is 0 Å². The van der Waals surface area contributed by atoms with E-state index >= 15 is 0 Å². The molecule has 2 rings (SSSR count). The van der Waals surface area contributed by atoms with E-state index in [2.05, 4.69) is 21.1 Å². The normalized spacial score (nSPS) is 23.7. The number of guanidine groups is 1. The average Bonchev–Trinajstić information content (AvgIpc) is 2.42. The highest BCUT2D eigenvalue weighted by Crippen LogP contribution is 2.17. The van der Waals surface area contributed by atoms with Gasteiger partial charge in [-0.15, -0.1) is 4.28 Å². The molecule has 0 aromatic carbocycles. The van der Waals surface area contributed by atoms with Gasteiger partial charge < -0.3 is 26.7 Å². The van der Waals surface area contributed by atoms with E-state index in [1.54, 1.807) is 0 Å². The number of piperazine rings is 1. The van der Waals surface area contributed by atoms with Crippen molar-refractivity contribution in [3.05, 3.63) is 11.9 Å². The van der Waals surface area contributed by atoms with Crippen molar-refractivity contribution in [1.82, 2.24) is 14.9 Å². The van der Waals surface area contributed by atoms with Crippen molar-refractivity contribution in [3.8, 4) is 0 Å². The second kappa shape index (κ2) is 7.21. The Hall–Kier alpha value is -1.44. The summed E-state index contributed by atoms with van der Waals surface area (Å²) >= 11 is 0. The lowest BCUT2D eigenvalue weighted by molar-refractivity contribution is -0.0136. The van der Waals surface area contributed by atoms with Crippen LogP contribution in [0.25, 0.3) is 0 Å². The zero-order chi connectivity index (χ0) is 15.6. The lowest BCUT2D eigenvalue weighted by Crippen LogP contribution is -2.53. The molecule has 1 saturated heterocycles. The predicted octanol–water partition coefficient (Wildman–Crippen LogP) is -2.71. The van der Waals surface area contributed by atoms with Crippen LogP contribution >= 0.6 is 0 Å². The van der Waals surface area contributed by atoms with Crippen molar-refractivity contribution in [2.75, 3.05) is 32.7 Å². The Balaban J connectivity index is 0.00000242. The fourth-order valence-corrected chi connectivity index (χ4v) is 2.61. The van der Waals surface area contributed by atoms with Crippen LogP contribution in [0, 0.1) is 0 Å². The maximum absolute atomic E-state index is 10.7. The van der Waals surface area contributed by atoms with E-state index in [1.165, 1.54) is 6.08 Å². The summed E-state index contributed by atoms with van der Waals surface area (Å²) in [6.07, 6.45) is 0.576. The standard InChI is InChI=1S/C10H20N6O4S.H2O/c1-2-14-3-5-15(6-4-14)9-7-8(11)16(10(12)13-9)20-21(17,18)19;/h7-8H,2-6,11H2,1H3,(H2,12,13)(H,17,18,19);1H2. The molecule has 2 aliphatic heterocycles. The topological polar surface area (TPSA) is 169 Å². The highest BCUT2D eigenvalue weighted by Gasteiger charge is 2.29. The molecular formula is C10H22N6O5S. The molecule has 0 aromatic rings. The molecule has 2 aliphatic rings. The minimum atomic E-state index is -4.71. The molecule has 0 aliphatic carbocycles. The van der Waals surface area contributed by atoms with Gasteiger partial charge in [-0.25, -0.2) is 0 Å². The SMILES string of the molecule is CCN1CCN(C2=CC(N)N(OS(=O)(=O)O)C(N)=N2)CC1.O. The Morgan fingerprint density at radius 1 is 1.41 bits per heavy atom. The van der Waals surface area contributed by atoms with Gasteiger partial charge in [0.1, 0.15) is 12.0 Å². The third-order valence-electron chi connectivity index (χ3n) is 3.36. The van der Waals surface area contributed by atoms with E-state index in [1.807, 2.05) is 4.90 Å². The maximum atomic E-state index is 10.7. The molecule has 11 nitrogen and oxygen atoms in total. The number of hydrogen-bond acceptors (Lipinski definition) is 9. The van der Waals surface area contributed by atoms with Crippen LogP contribution in [0.15, 0.2) is 16.9 Å². The van der Waals surface area contributed by atoms with E-state index in [4.69, 9.17) is 16.0 Å². The zero-order valence-electron chi connectivity index (χ0n) is 12.2. The van der Waals surface area contributed by atoms with Crippen molar-refractivity contribution < 1.29 is 22.7 Å². The van der Waals surface area contributed by atoms with Crippen LogP contribution in [0.3, 0.4) is 0 Å². The van der Waals surface area contributed by atoms with E-state index in [9.17, 15) is 8.42 Å². The van der Waals surface area contributed by atoms with Gasteiger partial charge in [-0.1, -0.05) is 6.92 Å². The summed E-state index contributed by atoms with van der Waals surface area (Å²) in [7, 11) is -4.71. The third-order valence-corrected chi connectivity index (χ3v) is 3.71. The summed E-state index contributed by atoms with van der Waals surface area (Å²) in [6.45, 7) is 6.47. The van der Waals surface area contributed by atoms with Crippen LogP contribution in [-0.2, 0) is 14.7 Å². The first-order valence-electron chi connectivity index (χ1n) is 6.55. The van der Waals surface area contributed by atoms with Gasteiger partial charge in [0.2, 0.25) is 5.96 Å². The van der Waals surface area contributed by atoms with E-state index < -0.39 is 16.6 Å². The second-order valence-corrected chi connectivity index (χ2v) is 5.74. The number of likely N-dealkylation sites (N-methyl/N-ethyl adjacent to an activating group) is 1. The van der Waals surface area contributed by atoms with E-state index in [-0.39, 0.29) is 11.4 Å². The Bertz CT molecular complexity index is 542. The van der Waals surface area contributed by atoms with Crippen molar-refractivity contribution in [2.45, 2.75) is 13.1 Å². The van der Waals surface area contributed by atoms with E-state index in [0.717, 1.165) is 32.7 Å². The molecule has 128 valence electrons. The van der Waals surface area contributed by atoms with Gasteiger partial charge in [0.15, 0.2) is 0 Å². The average molecular weight is 338 g/mol. The lowest BCUT2D eigenvalue weighted by atomic mass is 10.3. The van der Waals surface area contributed by atoms with Crippen LogP contribution in [0.2, 0.25) is 0 Å². The maximum Gasteiger partial charge on any atom is 0.418 e. The smallest absolute Gasteiger partial charge is 0.412 e. The number of aliphatic imine (C=N–C) groups is 1. The van der Waals surface area contributed by atoms with Gasteiger partial charge in [0.05, 0.1) is 0 Å². The Morgan fingerprint density at radius 3 is 2.45 bits per heavy atom. The fourth-order valence-electron chi connectivity index (χ4n) is 2.24. The molecule has 12 heteroatoms. The van der Waals surface area contributed by atoms with Crippen LogP contribution in [0.1, 0.15) is 6.92 Å². The second-order valence-electron chi connectivity index (χ2n) is 4.73. The fraction of sp³-hybridized carbons (Fsp3) is 0.700. The zero-order valence-corrected chi connectivity index (χ0v) is 13.0. The molecule has 0 bridgehead atoms. The number of nitrogens with zero attached hydrogens (tertiary/aromatic N) is 4. The lowest BCUT2D eigenvalue weighted by Gasteiger charge is -2.37. The molecule has 1 unspecified atom stereocenters. The van der Waals surface area contributed by atoms with Crippen molar-refractivity contribution in [1.29, 1.82) is 0 Å². The molecule has 0 spiro atoms. The highest BCUT2D eigenvalue weighted by molar-refractivity contribution is 7.80. The Morgan fingerprint density at radius 2 is 2.00 bits per heavy atom. The molecular weight excluding hydrogens is 316 g/mol. The molecule has 22 heavy (non-hydrogen) atoms. The van der Waals surface area contributed by atoms with Crippen LogP contribution in [0.4, 0.5) is 0 Å². The highest BCUT2D eigenvalue weighted by atomic mass is 32.3. The molecule has 1 atom stereocenters. The number of hydrogen-bond donors (Lipinski definition) is 3. The van der Waals surface area contributed by atoms with Gasteiger partial charge in [-0.2, -0.15) is 18.5 Å². The molecule has 0 radical (unpaired) electrons. The summed E-state index contributed by atoms with van der Waals surface area (Å²) in [5.74, 6) is 0.349. The Kier molecular flexibility index (Phi) is 6.10. The minimum absolute atomic E-state index is 0. The van der Waals surface area contributed by atoms with E-state index in [0.29, 0.717) is 10.9 Å². The molecule has 2 heterocycles. The molecule has 0 aromatic heterocycles. The first-order chi connectivity index (χ1) is 9.80. The van der Waals surface area contributed by atoms with Crippen LogP contribution in [-0.4, -0.2) is 78.2 Å². The minimum Gasteiger partial charge on any atom is -0.412 e. The van der Waals surface area contributed by atoms with Gasteiger partial charge in [0, 0.05) is 26.2 Å². The summed E-state index contributed by atoms with van der Waals surface area (Å²) < 4.78 is 34.4. The molecule has 0 saturated carbocycles. The number of nitrogens with two attached hydrogens (primary N) is 2. The molecule has 0 amide bonds. The summed E-state index contributed by atoms with van der Waals surface area (Å²) in [5.41, 5.74) is 11.4. The number of rotatable bonds is 4. The number of hydroxylamine groups is 2. The predicted molar refractivity (Wildman–Crippen MR) is 79.5 cm³/mol. The van der Waals surface area contributed by atoms with Crippen LogP contribution < -0.4 is 11.5 Å². The summed E-state index contributed by atoms with van der Waals surface area (Å²) in [4.78, 5) is 8.40. The van der Waals surface area contributed by atoms with Gasteiger partial charge >= 0.3 is 10.4 Å².